The second-order valence-corrected chi connectivity index (χ2v) is 42.3. The van der Waals surface area contributed by atoms with Crippen LogP contribution in [0.5, 0.6) is 0 Å². The molecular weight excluding hydrogens is 551 g/mol. The van der Waals surface area contributed by atoms with Crippen LogP contribution in [0.3, 0.4) is 0 Å². The van der Waals surface area contributed by atoms with Crippen LogP contribution in [0, 0.1) is 0 Å². The maximum absolute atomic E-state index is 7.26. The molecule has 0 spiro atoms. The topological polar surface area (TPSA) is 0 Å². The quantitative estimate of drug-likeness (QED) is 0.164. The standard InChI is InChI=1S/C21H43Cl2Si4.2CH3.Zr/c1-11-14-20(26(7,8)22)24(3,4)18-16-13-17-19(18)25(5,6)21(15-12-2)27(9,10)23;;;/h16,20-21H,11-15H2,1-10H3;2*1H3;. The van der Waals surface area contributed by atoms with E-state index in [0.717, 1.165) is 10.3 Å². The molecule has 0 aliphatic heterocycles. The average Bonchev–Trinajstić information content (AvgIpc) is 3.02. The van der Waals surface area contributed by atoms with Crippen LogP contribution < -0.4 is 0 Å². The van der Waals surface area contributed by atoms with Crippen LogP contribution in [0.1, 0.15) is 46.0 Å². The van der Waals surface area contributed by atoms with Gasteiger partial charge in [-0.2, -0.15) is 0 Å². The summed E-state index contributed by atoms with van der Waals surface area (Å²) < 4.78 is 7.15. The molecule has 2 unspecified atom stereocenters. The van der Waals surface area contributed by atoms with Gasteiger partial charge in [0.2, 0.25) is 0 Å². The number of hydrogen-bond donors (Lipinski definition) is 0. The van der Waals surface area contributed by atoms with Gasteiger partial charge in [0.25, 0.3) is 0 Å². The van der Waals surface area contributed by atoms with Gasteiger partial charge in [0.1, 0.15) is 0 Å². The normalized spacial score (nSPS) is 18.5. The van der Waals surface area contributed by atoms with Gasteiger partial charge in [0, 0.05) is 0 Å². The van der Waals surface area contributed by atoms with Crippen LogP contribution in [0.4, 0.5) is 0 Å². The van der Waals surface area contributed by atoms with Crippen molar-refractivity contribution < 1.29 is 21.8 Å². The summed E-state index contributed by atoms with van der Waals surface area (Å²) in [5.41, 5.74) is 0. The molecule has 0 saturated carbocycles. The number of halogens is 2. The van der Waals surface area contributed by atoms with Crippen LogP contribution in [0.2, 0.25) is 72.0 Å². The Labute approximate surface area is 210 Å². The Morgan fingerprint density at radius 2 is 1.20 bits per heavy atom. The molecular formula is C23H49Cl2Si4Zr. The van der Waals surface area contributed by atoms with E-state index in [4.69, 9.17) is 22.2 Å². The van der Waals surface area contributed by atoms with Gasteiger partial charge in [0.05, 0.1) is 0 Å². The van der Waals surface area contributed by atoms with Gasteiger partial charge >= 0.3 is 212 Å². The summed E-state index contributed by atoms with van der Waals surface area (Å²) in [6.07, 6.45) is 9.11. The molecule has 2 atom stereocenters. The van der Waals surface area contributed by atoms with Gasteiger partial charge in [-0.25, -0.2) is 0 Å². The van der Waals surface area contributed by atoms with Crippen LogP contribution in [0.15, 0.2) is 19.7 Å². The molecule has 0 fully saturated rings. The van der Waals surface area contributed by atoms with Crippen molar-refractivity contribution in [1.29, 1.82) is 0 Å². The molecule has 0 saturated heterocycles. The first-order chi connectivity index (χ1) is 13.4. The molecule has 0 nitrogen and oxygen atoms in total. The summed E-state index contributed by atoms with van der Waals surface area (Å²) in [6.45, 7) is 25.0. The summed E-state index contributed by atoms with van der Waals surface area (Å²) in [4.78, 5) is 0. The van der Waals surface area contributed by atoms with E-state index in [2.05, 4.69) is 81.6 Å². The molecule has 175 valence electrons. The van der Waals surface area contributed by atoms with E-state index in [1.165, 1.54) is 32.1 Å². The van der Waals surface area contributed by atoms with Crippen LogP contribution in [-0.4, -0.2) is 30.9 Å². The fourth-order valence-corrected chi connectivity index (χ4v) is 43.3. The molecule has 0 amide bonds. The summed E-state index contributed by atoms with van der Waals surface area (Å²) in [6, 6.07) is 0. The Morgan fingerprint density at radius 3 is 1.53 bits per heavy atom. The molecule has 0 radical (unpaired) electrons. The summed E-state index contributed by atoms with van der Waals surface area (Å²) in [7, 11) is -6.85. The van der Waals surface area contributed by atoms with Crippen molar-refractivity contribution in [3.8, 4) is 0 Å². The van der Waals surface area contributed by atoms with E-state index in [0.29, 0.717) is 0 Å². The summed E-state index contributed by atoms with van der Waals surface area (Å²) in [5, 5.41) is 5.26. The first-order valence-electron chi connectivity index (χ1n) is 12.1. The van der Waals surface area contributed by atoms with Crippen molar-refractivity contribution in [2.45, 2.75) is 118 Å². The van der Waals surface area contributed by atoms with Crippen molar-refractivity contribution in [3.63, 3.8) is 0 Å². The Balaban J connectivity index is 3.69. The van der Waals surface area contributed by atoms with Crippen LogP contribution in [-0.2, 0) is 21.8 Å². The van der Waals surface area contributed by atoms with E-state index >= 15 is 0 Å². The Hall–Kier alpha value is 1.81. The average molecular weight is 600 g/mol. The van der Waals surface area contributed by atoms with Crippen molar-refractivity contribution in [1.82, 2.24) is 0 Å². The monoisotopic (exact) mass is 597 g/mol. The zero-order valence-corrected chi connectivity index (χ0v) is 30.0. The summed E-state index contributed by atoms with van der Waals surface area (Å²) in [5.74, 6) is 0. The third-order valence-electron chi connectivity index (χ3n) is 7.58. The molecule has 0 bridgehead atoms. The van der Waals surface area contributed by atoms with Gasteiger partial charge in [-0.15, -0.1) is 0 Å². The fraction of sp³-hybridized carbons (Fsp3) is 0.826. The molecule has 1 rings (SSSR count). The van der Waals surface area contributed by atoms with Crippen LogP contribution >= 0.6 is 22.2 Å². The van der Waals surface area contributed by atoms with E-state index in [1.807, 2.05) is 13.7 Å². The molecule has 0 heterocycles. The fourth-order valence-electron chi connectivity index (χ4n) is 6.41. The maximum atomic E-state index is 7.26. The molecule has 0 aromatic heterocycles. The number of allylic oxidation sites excluding steroid dienone is 4. The first-order valence-corrected chi connectivity index (χ1v) is 32.5. The Morgan fingerprint density at radius 1 is 0.800 bits per heavy atom. The molecule has 1 aliphatic rings. The van der Waals surface area contributed by atoms with E-state index in [1.54, 1.807) is 0 Å². The van der Waals surface area contributed by atoms with Gasteiger partial charge in [0.15, 0.2) is 0 Å². The number of rotatable bonds is 11. The van der Waals surface area contributed by atoms with Gasteiger partial charge in [-0.1, -0.05) is 0 Å². The summed E-state index contributed by atoms with van der Waals surface area (Å²) >= 11 is 13.0. The minimum atomic E-state index is -1.75. The second-order valence-electron chi connectivity index (χ2n) is 11.9. The SMILES string of the molecule is CCCC([Si](C)(C)Cl)[Si](C)(C)C1=CC[C]([Zr]([CH3])[CH3])=C1[Si](C)(C)C(CCC)[Si](C)(C)Cl. The molecule has 30 heavy (non-hydrogen) atoms. The van der Waals surface area contributed by atoms with E-state index in [9.17, 15) is 0 Å². The van der Waals surface area contributed by atoms with Gasteiger partial charge < -0.3 is 0 Å². The van der Waals surface area contributed by atoms with Gasteiger partial charge in [-0.3, -0.25) is 0 Å². The Bertz CT molecular complexity index is 655. The zero-order chi connectivity index (χ0) is 23.7. The van der Waals surface area contributed by atoms with Gasteiger partial charge in [-0.05, 0) is 0 Å². The molecule has 0 N–H and O–H groups in total. The minimum absolute atomic E-state index is 0.744. The third kappa shape index (κ3) is 6.69. The third-order valence-corrected chi connectivity index (χ3v) is 35.5. The van der Waals surface area contributed by atoms with Crippen molar-refractivity contribution in [2.24, 2.45) is 0 Å². The van der Waals surface area contributed by atoms with Crippen LogP contribution in [0.25, 0.3) is 0 Å². The second kappa shape index (κ2) is 11.0. The Kier molecular flexibility index (Phi) is 11.0. The molecule has 0 aromatic carbocycles. The predicted octanol–water partition coefficient (Wildman–Crippen LogP) is 10.1. The number of hydrogen-bond acceptors (Lipinski definition) is 0. The van der Waals surface area contributed by atoms with E-state index in [-0.39, 0.29) is 0 Å². The first kappa shape index (κ1) is 29.8. The predicted molar refractivity (Wildman–Crippen MR) is 150 cm³/mol. The van der Waals surface area contributed by atoms with Crippen molar-refractivity contribution >= 4 is 53.1 Å². The van der Waals surface area contributed by atoms with Crippen molar-refractivity contribution in [3.05, 3.63) is 19.7 Å². The van der Waals surface area contributed by atoms with E-state index < -0.39 is 52.7 Å². The molecule has 1 aliphatic carbocycles. The van der Waals surface area contributed by atoms with Crippen molar-refractivity contribution in [2.75, 3.05) is 0 Å². The zero-order valence-electron chi connectivity index (χ0n) is 22.0. The molecule has 0 aromatic rings. The molecule has 7 heteroatoms.